The molecular formula is C13H23NO2. The van der Waals surface area contributed by atoms with Gasteiger partial charge in [-0.1, -0.05) is 13.8 Å². The average molecular weight is 225 g/mol. The molecule has 3 nitrogen and oxygen atoms in total. The van der Waals surface area contributed by atoms with E-state index in [1.807, 2.05) is 12.1 Å². The predicted octanol–water partition coefficient (Wildman–Crippen LogP) is 2.99. The molecule has 3 heteroatoms. The molecule has 1 aromatic rings. The Kier molecular flexibility index (Phi) is 6.19. The molecule has 1 rings (SSSR count). The van der Waals surface area contributed by atoms with Crippen molar-refractivity contribution in [3.05, 3.63) is 24.2 Å². The molecule has 1 aromatic heterocycles. The number of ether oxygens (including phenoxy) is 1. The standard InChI is InChI=1S/C13H23NO2/c1-11(2)6-9-15-10-7-14-12(3)13-5-4-8-16-13/h4-5,8,11-12,14H,6-7,9-10H2,1-3H3. The molecule has 16 heavy (non-hydrogen) atoms. The quantitative estimate of drug-likeness (QED) is 0.691. The summed E-state index contributed by atoms with van der Waals surface area (Å²) in [6.45, 7) is 8.99. The average Bonchev–Trinajstić information content (AvgIpc) is 2.75. The van der Waals surface area contributed by atoms with E-state index in [-0.39, 0.29) is 6.04 Å². The minimum absolute atomic E-state index is 0.253. The third-order valence-electron chi connectivity index (χ3n) is 2.51. The van der Waals surface area contributed by atoms with Crippen LogP contribution in [0.1, 0.15) is 39.0 Å². The van der Waals surface area contributed by atoms with E-state index < -0.39 is 0 Å². The fourth-order valence-electron chi connectivity index (χ4n) is 1.41. The summed E-state index contributed by atoms with van der Waals surface area (Å²) < 4.78 is 10.8. The van der Waals surface area contributed by atoms with Crippen molar-refractivity contribution in [2.24, 2.45) is 5.92 Å². The summed E-state index contributed by atoms with van der Waals surface area (Å²) in [5.41, 5.74) is 0. The van der Waals surface area contributed by atoms with Crippen molar-refractivity contribution < 1.29 is 9.15 Å². The van der Waals surface area contributed by atoms with Gasteiger partial charge in [-0.05, 0) is 31.4 Å². The second-order valence-electron chi connectivity index (χ2n) is 4.49. The molecule has 0 aliphatic heterocycles. The van der Waals surface area contributed by atoms with Crippen molar-refractivity contribution in [2.45, 2.75) is 33.2 Å². The monoisotopic (exact) mass is 225 g/mol. The lowest BCUT2D eigenvalue weighted by atomic mass is 10.1. The Hall–Kier alpha value is -0.800. The fraction of sp³-hybridized carbons (Fsp3) is 0.692. The van der Waals surface area contributed by atoms with Gasteiger partial charge in [-0.2, -0.15) is 0 Å². The van der Waals surface area contributed by atoms with Crippen LogP contribution in [0.15, 0.2) is 22.8 Å². The Morgan fingerprint density at radius 1 is 1.31 bits per heavy atom. The molecule has 0 radical (unpaired) electrons. The van der Waals surface area contributed by atoms with Crippen molar-refractivity contribution in [1.29, 1.82) is 0 Å². The third-order valence-corrected chi connectivity index (χ3v) is 2.51. The summed E-state index contributed by atoms with van der Waals surface area (Å²) >= 11 is 0. The number of nitrogens with one attached hydrogen (secondary N) is 1. The highest BCUT2D eigenvalue weighted by atomic mass is 16.5. The first-order valence-electron chi connectivity index (χ1n) is 6.04. The Bertz CT molecular complexity index is 257. The minimum Gasteiger partial charge on any atom is -0.468 e. The molecule has 0 spiro atoms. The van der Waals surface area contributed by atoms with Crippen LogP contribution in [0.3, 0.4) is 0 Å². The molecule has 0 fully saturated rings. The maximum absolute atomic E-state index is 5.52. The van der Waals surface area contributed by atoms with Crippen LogP contribution in [0.25, 0.3) is 0 Å². The van der Waals surface area contributed by atoms with Gasteiger partial charge in [-0.3, -0.25) is 0 Å². The van der Waals surface area contributed by atoms with Gasteiger partial charge in [0, 0.05) is 13.2 Å². The zero-order valence-electron chi connectivity index (χ0n) is 10.5. The highest BCUT2D eigenvalue weighted by Gasteiger charge is 2.06. The van der Waals surface area contributed by atoms with Crippen LogP contribution >= 0.6 is 0 Å². The molecule has 0 aliphatic carbocycles. The SMILES string of the molecule is CC(C)CCOCCNC(C)c1ccco1. The molecule has 0 amide bonds. The number of hydrogen-bond acceptors (Lipinski definition) is 3. The maximum Gasteiger partial charge on any atom is 0.120 e. The lowest BCUT2D eigenvalue weighted by Crippen LogP contribution is -2.23. The summed E-state index contributed by atoms with van der Waals surface area (Å²) in [6, 6.07) is 4.15. The molecule has 1 atom stereocenters. The fourth-order valence-corrected chi connectivity index (χ4v) is 1.41. The van der Waals surface area contributed by atoms with Crippen LogP contribution < -0.4 is 5.32 Å². The largest absolute Gasteiger partial charge is 0.468 e. The lowest BCUT2D eigenvalue weighted by molar-refractivity contribution is 0.123. The van der Waals surface area contributed by atoms with Gasteiger partial charge in [0.15, 0.2) is 0 Å². The van der Waals surface area contributed by atoms with E-state index in [0.717, 1.165) is 37.9 Å². The maximum atomic E-state index is 5.52. The number of rotatable bonds is 8. The van der Waals surface area contributed by atoms with Crippen LogP contribution in [-0.2, 0) is 4.74 Å². The van der Waals surface area contributed by atoms with E-state index in [9.17, 15) is 0 Å². The van der Waals surface area contributed by atoms with Gasteiger partial charge in [0.2, 0.25) is 0 Å². The molecule has 0 saturated heterocycles. The topological polar surface area (TPSA) is 34.4 Å². The van der Waals surface area contributed by atoms with Crippen LogP contribution in [0.4, 0.5) is 0 Å². The van der Waals surface area contributed by atoms with Crippen LogP contribution in [0, 0.1) is 5.92 Å². The molecular weight excluding hydrogens is 202 g/mol. The van der Waals surface area contributed by atoms with Crippen molar-refractivity contribution in [3.63, 3.8) is 0 Å². The molecule has 1 heterocycles. The van der Waals surface area contributed by atoms with Gasteiger partial charge in [-0.25, -0.2) is 0 Å². The van der Waals surface area contributed by atoms with E-state index in [4.69, 9.17) is 9.15 Å². The first-order chi connectivity index (χ1) is 7.70. The van der Waals surface area contributed by atoms with Gasteiger partial charge in [-0.15, -0.1) is 0 Å². The molecule has 92 valence electrons. The van der Waals surface area contributed by atoms with Crippen molar-refractivity contribution >= 4 is 0 Å². The number of hydrogen-bond donors (Lipinski definition) is 1. The van der Waals surface area contributed by atoms with Gasteiger partial charge in [0.1, 0.15) is 5.76 Å². The molecule has 0 aliphatic rings. The Labute approximate surface area is 98.2 Å². The van der Waals surface area contributed by atoms with E-state index in [2.05, 4.69) is 26.1 Å². The van der Waals surface area contributed by atoms with E-state index in [0.29, 0.717) is 0 Å². The Morgan fingerprint density at radius 3 is 2.75 bits per heavy atom. The van der Waals surface area contributed by atoms with Crippen LogP contribution in [0.5, 0.6) is 0 Å². The third kappa shape index (κ3) is 5.33. The Morgan fingerprint density at radius 2 is 2.12 bits per heavy atom. The summed E-state index contributed by atoms with van der Waals surface area (Å²) in [4.78, 5) is 0. The lowest BCUT2D eigenvalue weighted by Gasteiger charge is -2.11. The molecule has 1 N–H and O–H groups in total. The van der Waals surface area contributed by atoms with Gasteiger partial charge in [0.05, 0.1) is 18.9 Å². The van der Waals surface area contributed by atoms with E-state index in [1.54, 1.807) is 6.26 Å². The normalized spacial score (nSPS) is 13.2. The first kappa shape index (κ1) is 13.3. The Balaban J connectivity index is 1.99. The molecule has 0 aromatic carbocycles. The van der Waals surface area contributed by atoms with Crippen LogP contribution in [-0.4, -0.2) is 19.8 Å². The van der Waals surface area contributed by atoms with Gasteiger partial charge < -0.3 is 14.5 Å². The molecule has 1 unspecified atom stereocenters. The van der Waals surface area contributed by atoms with Crippen molar-refractivity contribution in [3.8, 4) is 0 Å². The van der Waals surface area contributed by atoms with E-state index >= 15 is 0 Å². The van der Waals surface area contributed by atoms with Crippen molar-refractivity contribution in [1.82, 2.24) is 5.32 Å². The molecule has 0 bridgehead atoms. The van der Waals surface area contributed by atoms with Gasteiger partial charge in [0.25, 0.3) is 0 Å². The molecule has 0 saturated carbocycles. The zero-order valence-corrected chi connectivity index (χ0v) is 10.5. The van der Waals surface area contributed by atoms with E-state index in [1.165, 1.54) is 0 Å². The highest BCUT2D eigenvalue weighted by Crippen LogP contribution is 2.11. The summed E-state index contributed by atoms with van der Waals surface area (Å²) in [5.74, 6) is 1.69. The predicted molar refractivity (Wildman–Crippen MR) is 65.4 cm³/mol. The second kappa shape index (κ2) is 7.47. The van der Waals surface area contributed by atoms with Crippen LogP contribution in [0.2, 0.25) is 0 Å². The minimum atomic E-state index is 0.253. The zero-order chi connectivity index (χ0) is 11.8. The summed E-state index contributed by atoms with van der Waals surface area (Å²) in [7, 11) is 0. The first-order valence-corrected chi connectivity index (χ1v) is 6.04. The summed E-state index contributed by atoms with van der Waals surface area (Å²) in [5, 5.41) is 3.35. The van der Waals surface area contributed by atoms with Crippen molar-refractivity contribution in [2.75, 3.05) is 19.8 Å². The summed E-state index contributed by atoms with van der Waals surface area (Å²) in [6.07, 6.45) is 2.83. The second-order valence-corrected chi connectivity index (χ2v) is 4.49. The smallest absolute Gasteiger partial charge is 0.120 e. The van der Waals surface area contributed by atoms with Gasteiger partial charge >= 0.3 is 0 Å². The highest BCUT2D eigenvalue weighted by molar-refractivity contribution is 5.02. The number of furan rings is 1.